The standard InChI is InChI=1S/C21H17N3O7/c22-10-3-6-18(30-19(27)13-4-1-11(23)8-16(13)25)15(7-10)21(29)31-20(28)14-5-2-12(24)9-17(14)26/h1-9,25-26H,22-24H2. The van der Waals surface area contributed by atoms with E-state index in [-0.39, 0.29) is 39.5 Å². The zero-order chi connectivity index (χ0) is 22.7. The Labute approximate surface area is 175 Å². The molecule has 10 heteroatoms. The molecule has 0 spiro atoms. The Hall–Kier alpha value is -4.73. The molecular formula is C21H17N3O7. The highest BCUT2D eigenvalue weighted by Gasteiger charge is 2.23. The maximum absolute atomic E-state index is 12.5. The van der Waals surface area contributed by atoms with Crippen LogP contribution in [0.3, 0.4) is 0 Å². The van der Waals surface area contributed by atoms with Crippen LogP contribution in [0.2, 0.25) is 0 Å². The molecule has 0 saturated heterocycles. The molecule has 0 radical (unpaired) electrons. The van der Waals surface area contributed by atoms with Crippen molar-refractivity contribution in [2.24, 2.45) is 0 Å². The fraction of sp³-hybridized carbons (Fsp3) is 0. The molecule has 10 nitrogen and oxygen atoms in total. The molecule has 0 unspecified atom stereocenters. The van der Waals surface area contributed by atoms with Crippen LogP contribution >= 0.6 is 0 Å². The summed E-state index contributed by atoms with van der Waals surface area (Å²) in [5.74, 6) is -4.49. The van der Waals surface area contributed by atoms with Crippen LogP contribution in [0.25, 0.3) is 0 Å². The smallest absolute Gasteiger partial charge is 0.349 e. The van der Waals surface area contributed by atoms with Crippen molar-refractivity contribution in [3.8, 4) is 17.2 Å². The second-order valence-corrected chi connectivity index (χ2v) is 6.38. The number of carbonyl (C=O) groups is 3. The summed E-state index contributed by atoms with van der Waals surface area (Å²) in [6, 6.07) is 11.2. The van der Waals surface area contributed by atoms with Crippen LogP contribution in [-0.2, 0) is 4.74 Å². The monoisotopic (exact) mass is 423 g/mol. The molecule has 0 heterocycles. The van der Waals surface area contributed by atoms with E-state index in [4.69, 9.17) is 26.7 Å². The number of phenols is 2. The van der Waals surface area contributed by atoms with Gasteiger partial charge in [-0.25, -0.2) is 14.4 Å². The topological polar surface area (TPSA) is 188 Å². The largest absolute Gasteiger partial charge is 0.507 e. The predicted molar refractivity (Wildman–Crippen MR) is 111 cm³/mol. The van der Waals surface area contributed by atoms with E-state index in [9.17, 15) is 24.6 Å². The van der Waals surface area contributed by atoms with Gasteiger partial charge in [-0.3, -0.25) is 0 Å². The van der Waals surface area contributed by atoms with Crippen LogP contribution in [0.5, 0.6) is 17.2 Å². The van der Waals surface area contributed by atoms with Gasteiger partial charge in [-0.15, -0.1) is 0 Å². The molecule has 31 heavy (non-hydrogen) atoms. The molecule has 8 N–H and O–H groups in total. The first-order valence-electron chi connectivity index (χ1n) is 8.71. The van der Waals surface area contributed by atoms with Crippen LogP contribution in [0.4, 0.5) is 17.1 Å². The lowest BCUT2D eigenvalue weighted by molar-refractivity contribution is 0.0394. The molecule has 0 amide bonds. The summed E-state index contributed by atoms with van der Waals surface area (Å²) in [6.07, 6.45) is 0. The van der Waals surface area contributed by atoms with Gasteiger partial charge in [-0.05, 0) is 42.5 Å². The summed E-state index contributed by atoms with van der Waals surface area (Å²) < 4.78 is 9.96. The van der Waals surface area contributed by atoms with E-state index in [0.717, 1.165) is 18.2 Å². The molecule has 0 bridgehead atoms. The average Bonchev–Trinajstić information content (AvgIpc) is 2.68. The molecule has 0 saturated carbocycles. The van der Waals surface area contributed by atoms with Crippen LogP contribution < -0.4 is 21.9 Å². The van der Waals surface area contributed by atoms with E-state index in [2.05, 4.69) is 0 Å². The summed E-state index contributed by atoms with van der Waals surface area (Å²) in [5, 5.41) is 19.7. The first-order chi connectivity index (χ1) is 14.7. The van der Waals surface area contributed by atoms with E-state index < -0.39 is 29.4 Å². The molecular weight excluding hydrogens is 406 g/mol. The average molecular weight is 423 g/mol. The summed E-state index contributed by atoms with van der Waals surface area (Å²) in [5.41, 5.74) is 16.5. The van der Waals surface area contributed by atoms with E-state index >= 15 is 0 Å². The summed E-state index contributed by atoms with van der Waals surface area (Å²) in [4.78, 5) is 37.2. The third kappa shape index (κ3) is 4.65. The van der Waals surface area contributed by atoms with Crippen molar-refractivity contribution in [1.29, 1.82) is 0 Å². The number of nitrogen functional groups attached to an aromatic ring is 3. The van der Waals surface area contributed by atoms with Crippen LogP contribution in [0.1, 0.15) is 31.1 Å². The fourth-order valence-electron chi connectivity index (χ4n) is 2.59. The van der Waals surface area contributed by atoms with Gasteiger partial charge in [0.15, 0.2) is 0 Å². The van der Waals surface area contributed by atoms with Gasteiger partial charge in [0.05, 0.1) is 0 Å². The Balaban J connectivity index is 1.86. The number of ether oxygens (including phenoxy) is 2. The second-order valence-electron chi connectivity index (χ2n) is 6.38. The third-order valence-electron chi connectivity index (χ3n) is 4.09. The lowest BCUT2D eigenvalue weighted by Gasteiger charge is -2.11. The van der Waals surface area contributed by atoms with Gasteiger partial charge >= 0.3 is 17.9 Å². The first kappa shape index (κ1) is 21.0. The van der Waals surface area contributed by atoms with Gasteiger partial charge in [0, 0.05) is 29.2 Å². The number of phenolic OH excluding ortho intramolecular Hbond substituents is 2. The molecule has 3 aromatic rings. The first-order valence-corrected chi connectivity index (χ1v) is 8.71. The van der Waals surface area contributed by atoms with Gasteiger partial charge in [-0.2, -0.15) is 0 Å². The Bertz CT molecular complexity index is 1210. The number of anilines is 3. The van der Waals surface area contributed by atoms with Crippen molar-refractivity contribution < 1.29 is 34.1 Å². The highest BCUT2D eigenvalue weighted by atomic mass is 16.6. The van der Waals surface area contributed by atoms with E-state index in [1.54, 1.807) is 0 Å². The molecule has 158 valence electrons. The Morgan fingerprint density at radius 1 is 0.613 bits per heavy atom. The Kier molecular flexibility index (Phi) is 5.64. The van der Waals surface area contributed by atoms with Crippen molar-refractivity contribution in [2.75, 3.05) is 17.2 Å². The Morgan fingerprint density at radius 3 is 1.61 bits per heavy atom. The molecule has 0 aliphatic rings. The van der Waals surface area contributed by atoms with E-state index in [1.807, 2.05) is 0 Å². The highest BCUT2D eigenvalue weighted by Crippen LogP contribution is 2.27. The molecule has 0 aliphatic heterocycles. The lowest BCUT2D eigenvalue weighted by Crippen LogP contribution is -2.16. The number of esters is 3. The maximum Gasteiger partial charge on any atom is 0.349 e. The zero-order valence-corrected chi connectivity index (χ0v) is 15.9. The second kappa shape index (κ2) is 8.33. The fourth-order valence-corrected chi connectivity index (χ4v) is 2.59. The van der Waals surface area contributed by atoms with Gasteiger partial charge in [-0.1, -0.05) is 0 Å². The number of nitrogens with two attached hydrogens (primary N) is 3. The highest BCUT2D eigenvalue weighted by molar-refractivity contribution is 6.06. The van der Waals surface area contributed by atoms with Gasteiger partial charge in [0.25, 0.3) is 0 Å². The van der Waals surface area contributed by atoms with Crippen LogP contribution in [-0.4, -0.2) is 28.1 Å². The van der Waals surface area contributed by atoms with Gasteiger partial charge in [0.1, 0.15) is 33.9 Å². The molecule has 0 atom stereocenters. The maximum atomic E-state index is 12.5. The molecule has 0 fully saturated rings. The number of hydrogen-bond donors (Lipinski definition) is 5. The number of hydrogen-bond acceptors (Lipinski definition) is 10. The number of rotatable bonds is 4. The van der Waals surface area contributed by atoms with Crippen LogP contribution in [0.15, 0.2) is 54.6 Å². The predicted octanol–water partition coefficient (Wildman–Crippen LogP) is 2.06. The minimum absolute atomic E-state index is 0.130. The molecule has 3 rings (SSSR count). The Morgan fingerprint density at radius 2 is 1.06 bits per heavy atom. The molecule has 0 aromatic heterocycles. The van der Waals surface area contributed by atoms with E-state index in [1.165, 1.54) is 36.4 Å². The summed E-state index contributed by atoms with van der Waals surface area (Å²) in [7, 11) is 0. The number of benzene rings is 3. The SMILES string of the molecule is Nc1ccc(C(=O)OC(=O)c2cc(N)ccc2OC(=O)c2ccc(N)cc2O)c(O)c1. The number of aromatic hydroxyl groups is 2. The van der Waals surface area contributed by atoms with E-state index in [0.29, 0.717) is 0 Å². The normalized spacial score (nSPS) is 10.3. The summed E-state index contributed by atoms with van der Waals surface area (Å²) >= 11 is 0. The van der Waals surface area contributed by atoms with Crippen molar-refractivity contribution in [3.05, 3.63) is 71.3 Å². The molecule has 3 aromatic carbocycles. The molecule has 0 aliphatic carbocycles. The quantitative estimate of drug-likeness (QED) is 0.180. The number of carbonyl (C=O) groups excluding carboxylic acids is 3. The third-order valence-corrected chi connectivity index (χ3v) is 4.09. The van der Waals surface area contributed by atoms with Crippen molar-refractivity contribution in [3.63, 3.8) is 0 Å². The zero-order valence-electron chi connectivity index (χ0n) is 15.9. The minimum Gasteiger partial charge on any atom is -0.507 e. The lowest BCUT2D eigenvalue weighted by atomic mass is 10.1. The minimum atomic E-state index is -1.18. The van der Waals surface area contributed by atoms with Gasteiger partial charge in [0.2, 0.25) is 0 Å². The van der Waals surface area contributed by atoms with Crippen molar-refractivity contribution >= 4 is 35.0 Å². The van der Waals surface area contributed by atoms with Crippen molar-refractivity contribution in [1.82, 2.24) is 0 Å². The van der Waals surface area contributed by atoms with Crippen LogP contribution in [0, 0.1) is 0 Å². The summed E-state index contributed by atoms with van der Waals surface area (Å²) in [6.45, 7) is 0. The van der Waals surface area contributed by atoms with Gasteiger partial charge < -0.3 is 36.9 Å². The van der Waals surface area contributed by atoms with Crippen molar-refractivity contribution in [2.45, 2.75) is 0 Å².